The molecule has 15 heavy (non-hydrogen) atoms. The molecule has 0 radical (unpaired) electrons. The van der Waals surface area contributed by atoms with Crippen LogP contribution in [0.25, 0.3) is 0 Å². The number of hydrogen-bond acceptors (Lipinski definition) is 3. The minimum Gasteiger partial charge on any atom is -0.395 e. The van der Waals surface area contributed by atoms with Crippen molar-refractivity contribution >= 4 is 17.4 Å². The van der Waals surface area contributed by atoms with E-state index in [2.05, 4.69) is 17.2 Å². The van der Waals surface area contributed by atoms with Crippen LogP contribution in [0.3, 0.4) is 0 Å². The minimum absolute atomic E-state index is 0.770. The fourth-order valence-corrected chi connectivity index (χ4v) is 2.32. The van der Waals surface area contributed by atoms with Crippen molar-refractivity contribution in [3.63, 3.8) is 0 Å². The summed E-state index contributed by atoms with van der Waals surface area (Å²) < 4.78 is 1.82. The van der Waals surface area contributed by atoms with Crippen molar-refractivity contribution < 1.29 is 0 Å². The Morgan fingerprint density at radius 2 is 1.93 bits per heavy atom. The van der Waals surface area contributed by atoms with Crippen LogP contribution in [0.1, 0.15) is 5.69 Å². The van der Waals surface area contributed by atoms with E-state index < -0.39 is 0 Å². The molecule has 78 valence electrons. The molecule has 4 heteroatoms. The van der Waals surface area contributed by atoms with E-state index in [9.17, 15) is 0 Å². The van der Waals surface area contributed by atoms with Crippen molar-refractivity contribution in [3.8, 4) is 0 Å². The van der Waals surface area contributed by atoms with Crippen LogP contribution < -0.4 is 5.73 Å². The number of anilines is 1. The quantitative estimate of drug-likeness (QED) is 0.843. The normalized spacial score (nSPS) is 10.5. The van der Waals surface area contributed by atoms with Crippen molar-refractivity contribution in [2.75, 3.05) is 5.73 Å². The molecular weight excluding hydrogens is 206 g/mol. The first-order valence-electron chi connectivity index (χ1n) is 4.70. The van der Waals surface area contributed by atoms with Gasteiger partial charge in [0.05, 0.1) is 11.4 Å². The zero-order valence-electron chi connectivity index (χ0n) is 8.77. The highest BCUT2D eigenvalue weighted by Crippen LogP contribution is 2.32. The summed E-state index contributed by atoms with van der Waals surface area (Å²) in [5.74, 6) is 0. The Morgan fingerprint density at radius 3 is 2.47 bits per heavy atom. The van der Waals surface area contributed by atoms with Gasteiger partial charge < -0.3 is 5.73 Å². The van der Waals surface area contributed by atoms with Gasteiger partial charge in [-0.2, -0.15) is 5.10 Å². The van der Waals surface area contributed by atoms with E-state index in [-0.39, 0.29) is 0 Å². The van der Waals surface area contributed by atoms with Crippen molar-refractivity contribution in [1.82, 2.24) is 9.78 Å². The molecule has 0 bridgehead atoms. The summed E-state index contributed by atoms with van der Waals surface area (Å²) >= 11 is 1.64. The minimum atomic E-state index is 0.770. The maximum atomic E-state index is 5.95. The molecule has 0 aliphatic rings. The Morgan fingerprint density at radius 1 is 1.27 bits per heavy atom. The number of nitrogens with zero attached hydrogens (tertiary/aromatic N) is 2. The van der Waals surface area contributed by atoms with E-state index in [0.29, 0.717) is 0 Å². The molecule has 2 rings (SSSR count). The number of rotatable bonds is 2. The third-order valence-electron chi connectivity index (χ3n) is 2.17. The van der Waals surface area contributed by atoms with Gasteiger partial charge in [-0.15, -0.1) is 0 Å². The molecule has 3 nitrogen and oxygen atoms in total. The number of benzene rings is 1. The first kappa shape index (κ1) is 10.1. The van der Waals surface area contributed by atoms with Crippen LogP contribution in [-0.4, -0.2) is 9.78 Å². The lowest BCUT2D eigenvalue weighted by molar-refractivity contribution is 0.693. The van der Waals surface area contributed by atoms with Gasteiger partial charge in [-0.25, -0.2) is 0 Å². The molecule has 1 aromatic heterocycles. The van der Waals surface area contributed by atoms with Crippen LogP contribution in [0.15, 0.2) is 40.3 Å². The molecule has 0 aliphatic heterocycles. The standard InChI is InChI=1S/C11H13N3S/c1-8-10(12)11(14(2)13-8)15-9-6-4-3-5-7-9/h3-7H,12H2,1-2H3. The fourth-order valence-electron chi connectivity index (χ4n) is 1.37. The average molecular weight is 219 g/mol. The smallest absolute Gasteiger partial charge is 0.122 e. The SMILES string of the molecule is Cc1nn(C)c(Sc2ccccc2)c1N. The Bertz CT molecular complexity index is 462. The van der Waals surface area contributed by atoms with Crippen molar-refractivity contribution in [2.45, 2.75) is 16.8 Å². The fraction of sp³-hybridized carbons (Fsp3) is 0.182. The topological polar surface area (TPSA) is 43.8 Å². The Hall–Kier alpha value is -1.42. The van der Waals surface area contributed by atoms with Gasteiger partial charge in [0.1, 0.15) is 5.03 Å². The summed E-state index contributed by atoms with van der Waals surface area (Å²) in [6, 6.07) is 10.2. The van der Waals surface area contributed by atoms with E-state index in [1.807, 2.05) is 36.9 Å². The van der Waals surface area contributed by atoms with Crippen molar-refractivity contribution in [2.24, 2.45) is 7.05 Å². The van der Waals surface area contributed by atoms with Gasteiger partial charge in [-0.1, -0.05) is 30.0 Å². The van der Waals surface area contributed by atoms with Crippen molar-refractivity contribution in [3.05, 3.63) is 36.0 Å². The highest BCUT2D eigenvalue weighted by atomic mass is 32.2. The molecule has 0 atom stereocenters. The second kappa shape index (κ2) is 3.98. The third-order valence-corrected chi connectivity index (χ3v) is 3.36. The summed E-state index contributed by atoms with van der Waals surface area (Å²) in [6.45, 7) is 1.92. The van der Waals surface area contributed by atoms with Gasteiger partial charge in [-0.05, 0) is 19.1 Å². The van der Waals surface area contributed by atoms with Crippen LogP contribution >= 0.6 is 11.8 Å². The third kappa shape index (κ3) is 1.99. The summed E-state index contributed by atoms with van der Waals surface area (Å²) in [4.78, 5) is 1.17. The molecule has 0 fully saturated rings. The van der Waals surface area contributed by atoms with Gasteiger partial charge in [0.25, 0.3) is 0 Å². The monoisotopic (exact) mass is 219 g/mol. The van der Waals surface area contributed by atoms with Crippen LogP contribution in [0, 0.1) is 6.92 Å². The lowest BCUT2D eigenvalue weighted by Crippen LogP contribution is -1.93. The van der Waals surface area contributed by atoms with Gasteiger partial charge >= 0.3 is 0 Å². The summed E-state index contributed by atoms with van der Waals surface area (Å²) in [6.07, 6.45) is 0. The number of hydrogen-bond donors (Lipinski definition) is 1. The molecule has 0 amide bonds. The Balaban J connectivity index is 2.32. The largest absolute Gasteiger partial charge is 0.395 e. The molecule has 0 saturated carbocycles. The second-order valence-electron chi connectivity index (χ2n) is 3.34. The average Bonchev–Trinajstić information content (AvgIpc) is 2.47. The highest BCUT2D eigenvalue weighted by molar-refractivity contribution is 7.99. The van der Waals surface area contributed by atoms with Crippen LogP contribution in [0.5, 0.6) is 0 Å². The van der Waals surface area contributed by atoms with E-state index in [0.717, 1.165) is 16.4 Å². The van der Waals surface area contributed by atoms with Crippen molar-refractivity contribution in [1.29, 1.82) is 0 Å². The lowest BCUT2D eigenvalue weighted by Gasteiger charge is -2.02. The molecule has 0 spiro atoms. The predicted molar refractivity (Wildman–Crippen MR) is 62.9 cm³/mol. The molecule has 0 unspecified atom stereocenters. The molecule has 0 saturated heterocycles. The van der Waals surface area contributed by atoms with Gasteiger partial charge in [-0.3, -0.25) is 4.68 Å². The van der Waals surface area contributed by atoms with Crippen LogP contribution in [0.4, 0.5) is 5.69 Å². The van der Waals surface area contributed by atoms with Gasteiger partial charge in [0.2, 0.25) is 0 Å². The van der Waals surface area contributed by atoms with Crippen LogP contribution in [-0.2, 0) is 7.05 Å². The Labute approximate surface area is 93.3 Å². The molecule has 2 aromatic rings. The number of nitrogen functional groups attached to an aromatic ring is 1. The van der Waals surface area contributed by atoms with Gasteiger partial charge in [0.15, 0.2) is 0 Å². The molecule has 0 aliphatic carbocycles. The van der Waals surface area contributed by atoms with Crippen LogP contribution in [0.2, 0.25) is 0 Å². The first-order chi connectivity index (χ1) is 7.18. The molecular formula is C11H13N3S. The summed E-state index contributed by atoms with van der Waals surface area (Å²) in [5, 5.41) is 5.28. The molecule has 1 heterocycles. The molecule has 1 aromatic carbocycles. The maximum absolute atomic E-state index is 5.95. The lowest BCUT2D eigenvalue weighted by atomic mass is 10.4. The zero-order valence-corrected chi connectivity index (χ0v) is 9.58. The maximum Gasteiger partial charge on any atom is 0.122 e. The van der Waals surface area contributed by atoms with E-state index in [4.69, 9.17) is 5.73 Å². The summed E-state index contributed by atoms with van der Waals surface area (Å²) in [5.41, 5.74) is 7.60. The molecule has 2 N–H and O–H groups in total. The first-order valence-corrected chi connectivity index (χ1v) is 5.52. The number of nitrogens with two attached hydrogens (primary N) is 1. The summed E-state index contributed by atoms with van der Waals surface area (Å²) in [7, 11) is 1.91. The predicted octanol–water partition coefficient (Wildman–Crippen LogP) is 2.46. The number of aryl methyl sites for hydroxylation is 2. The van der Waals surface area contributed by atoms with E-state index >= 15 is 0 Å². The highest BCUT2D eigenvalue weighted by Gasteiger charge is 2.10. The second-order valence-corrected chi connectivity index (χ2v) is 4.41. The Kier molecular flexibility index (Phi) is 2.68. The number of aromatic nitrogens is 2. The van der Waals surface area contributed by atoms with E-state index in [1.54, 1.807) is 11.8 Å². The zero-order chi connectivity index (χ0) is 10.8. The van der Waals surface area contributed by atoms with Gasteiger partial charge in [0, 0.05) is 11.9 Å². The van der Waals surface area contributed by atoms with E-state index in [1.165, 1.54) is 4.90 Å².